The van der Waals surface area contributed by atoms with Crippen molar-refractivity contribution in [2.24, 2.45) is 0 Å². The van der Waals surface area contributed by atoms with Gasteiger partial charge in [-0.25, -0.2) is 4.98 Å². The summed E-state index contributed by atoms with van der Waals surface area (Å²) in [5.41, 5.74) is 2.95. The number of likely N-dealkylation sites (N-methyl/N-ethyl adjacent to an activating group) is 1. The third-order valence-corrected chi connectivity index (χ3v) is 5.11. The molecule has 0 radical (unpaired) electrons. The molecule has 114 valence electrons. The number of hydrogen-bond acceptors (Lipinski definition) is 3. The Morgan fingerprint density at radius 3 is 2.95 bits per heavy atom. The molecule has 4 nitrogen and oxygen atoms in total. The van der Waals surface area contributed by atoms with Crippen LogP contribution in [0.3, 0.4) is 0 Å². The Morgan fingerprint density at radius 2 is 2.23 bits per heavy atom. The molecule has 1 atom stereocenters. The minimum absolute atomic E-state index is 0.0911. The van der Waals surface area contributed by atoms with Crippen molar-refractivity contribution in [1.29, 1.82) is 0 Å². The van der Waals surface area contributed by atoms with Gasteiger partial charge in [-0.1, -0.05) is 12.1 Å². The third kappa shape index (κ3) is 2.64. The fourth-order valence-corrected chi connectivity index (χ4v) is 3.37. The summed E-state index contributed by atoms with van der Waals surface area (Å²) in [6.07, 6.45) is 4.11. The topological polar surface area (TPSA) is 37.6 Å². The average molecular weight is 313 g/mol. The maximum Gasteiger partial charge on any atom is 0.228 e. The predicted octanol–water partition coefficient (Wildman–Crippen LogP) is 3.47. The summed E-state index contributed by atoms with van der Waals surface area (Å²) in [7, 11) is 1.86. The fraction of sp³-hybridized carbons (Fsp3) is 0.294. The van der Waals surface area contributed by atoms with Crippen LogP contribution in [0.25, 0.3) is 5.65 Å². The van der Waals surface area contributed by atoms with E-state index in [1.165, 1.54) is 4.88 Å². The van der Waals surface area contributed by atoms with Gasteiger partial charge in [-0.3, -0.25) is 4.79 Å². The zero-order chi connectivity index (χ0) is 15.7. The molecule has 0 aromatic carbocycles. The number of rotatable bonds is 4. The van der Waals surface area contributed by atoms with Gasteiger partial charge >= 0.3 is 0 Å². The molecule has 0 fully saturated rings. The Hall–Kier alpha value is -2.14. The first-order valence-corrected chi connectivity index (χ1v) is 8.16. The SMILES string of the molecule is Cc1cccn2c(CC(=O)N(C)C(C)c3cccs3)cnc12. The predicted molar refractivity (Wildman–Crippen MR) is 89.1 cm³/mol. The van der Waals surface area contributed by atoms with Gasteiger partial charge in [-0.05, 0) is 36.9 Å². The maximum absolute atomic E-state index is 12.6. The van der Waals surface area contributed by atoms with Gasteiger partial charge in [0.2, 0.25) is 5.91 Å². The van der Waals surface area contributed by atoms with Crippen molar-refractivity contribution in [2.45, 2.75) is 26.3 Å². The molecule has 0 aliphatic heterocycles. The average Bonchev–Trinajstić information content (AvgIpc) is 3.16. The van der Waals surface area contributed by atoms with Gasteiger partial charge in [0.05, 0.1) is 18.2 Å². The second-order valence-corrected chi connectivity index (χ2v) is 6.49. The maximum atomic E-state index is 12.6. The largest absolute Gasteiger partial charge is 0.338 e. The van der Waals surface area contributed by atoms with E-state index in [9.17, 15) is 4.79 Å². The molecule has 0 aliphatic carbocycles. The summed E-state index contributed by atoms with van der Waals surface area (Å²) in [4.78, 5) is 20.0. The lowest BCUT2D eigenvalue weighted by molar-refractivity contribution is -0.131. The zero-order valence-electron chi connectivity index (χ0n) is 13.0. The second-order valence-electron chi connectivity index (χ2n) is 5.51. The molecule has 3 heterocycles. The minimum Gasteiger partial charge on any atom is -0.338 e. The number of carbonyl (C=O) groups excluding carboxylic acids is 1. The van der Waals surface area contributed by atoms with Crippen molar-refractivity contribution < 1.29 is 4.79 Å². The van der Waals surface area contributed by atoms with Crippen LogP contribution in [0.4, 0.5) is 0 Å². The van der Waals surface area contributed by atoms with Crippen LogP contribution < -0.4 is 0 Å². The Kier molecular flexibility index (Phi) is 3.98. The molecule has 3 aromatic rings. The number of nitrogens with zero attached hydrogens (tertiary/aromatic N) is 3. The lowest BCUT2D eigenvalue weighted by atomic mass is 10.2. The molecule has 0 saturated carbocycles. The van der Waals surface area contributed by atoms with Crippen molar-refractivity contribution in [1.82, 2.24) is 14.3 Å². The minimum atomic E-state index is 0.0911. The first-order valence-electron chi connectivity index (χ1n) is 7.28. The molecule has 1 amide bonds. The number of thiophene rings is 1. The number of aromatic nitrogens is 2. The van der Waals surface area contributed by atoms with Crippen LogP contribution in [0.5, 0.6) is 0 Å². The van der Waals surface area contributed by atoms with Gasteiger partial charge in [0.25, 0.3) is 0 Å². The summed E-state index contributed by atoms with van der Waals surface area (Å²) in [6.45, 7) is 4.08. The Bertz CT molecular complexity index is 791. The number of aryl methyl sites for hydroxylation is 1. The molecule has 1 unspecified atom stereocenters. The van der Waals surface area contributed by atoms with E-state index in [0.717, 1.165) is 16.9 Å². The zero-order valence-corrected chi connectivity index (χ0v) is 13.8. The van der Waals surface area contributed by atoms with Crippen LogP contribution in [0.2, 0.25) is 0 Å². The Labute approximate surface area is 134 Å². The molecule has 0 bridgehead atoms. The molecule has 5 heteroatoms. The van der Waals surface area contributed by atoms with Crippen molar-refractivity contribution in [3.8, 4) is 0 Å². The van der Waals surface area contributed by atoms with E-state index in [1.807, 2.05) is 48.1 Å². The van der Waals surface area contributed by atoms with Crippen molar-refractivity contribution in [3.05, 3.63) is 58.2 Å². The lowest BCUT2D eigenvalue weighted by Gasteiger charge is -2.24. The molecule has 0 spiro atoms. The van der Waals surface area contributed by atoms with E-state index in [4.69, 9.17) is 0 Å². The summed E-state index contributed by atoms with van der Waals surface area (Å²) in [5.74, 6) is 0.101. The molecular weight excluding hydrogens is 294 g/mol. The van der Waals surface area contributed by atoms with Gasteiger partial charge in [0, 0.05) is 24.3 Å². The van der Waals surface area contributed by atoms with Crippen molar-refractivity contribution in [2.75, 3.05) is 7.05 Å². The highest BCUT2D eigenvalue weighted by Crippen LogP contribution is 2.24. The summed E-state index contributed by atoms with van der Waals surface area (Å²) >= 11 is 1.68. The first kappa shape index (κ1) is 14.8. The van der Waals surface area contributed by atoms with Crippen LogP contribution in [0.15, 0.2) is 42.0 Å². The van der Waals surface area contributed by atoms with Crippen LogP contribution in [0.1, 0.15) is 29.1 Å². The second kappa shape index (κ2) is 5.93. The van der Waals surface area contributed by atoms with E-state index < -0.39 is 0 Å². The lowest BCUT2D eigenvalue weighted by Crippen LogP contribution is -2.30. The van der Waals surface area contributed by atoms with Gasteiger partial charge in [0.1, 0.15) is 5.65 Å². The number of fused-ring (bicyclic) bond motifs is 1. The normalized spacial score (nSPS) is 12.5. The Morgan fingerprint density at radius 1 is 1.41 bits per heavy atom. The fourth-order valence-electron chi connectivity index (χ4n) is 2.55. The molecule has 3 aromatic heterocycles. The number of imidazole rings is 1. The van der Waals surface area contributed by atoms with Crippen molar-refractivity contribution in [3.63, 3.8) is 0 Å². The van der Waals surface area contributed by atoms with Crippen LogP contribution >= 0.6 is 11.3 Å². The summed E-state index contributed by atoms with van der Waals surface area (Å²) < 4.78 is 2.00. The molecular formula is C17H19N3OS. The van der Waals surface area contributed by atoms with E-state index >= 15 is 0 Å². The highest BCUT2D eigenvalue weighted by molar-refractivity contribution is 7.10. The number of hydrogen-bond donors (Lipinski definition) is 0. The van der Waals surface area contributed by atoms with E-state index in [2.05, 4.69) is 18.0 Å². The van der Waals surface area contributed by atoms with Crippen molar-refractivity contribution >= 4 is 22.9 Å². The van der Waals surface area contributed by atoms with E-state index in [1.54, 1.807) is 22.4 Å². The van der Waals surface area contributed by atoms with E-state index in [-0.39, 0.29) is 11.9 Å². The highest BCUT2D eigenvalue weighted by Gasteiger charge is 2.19. The van der Waals surface area contributed by atoms with Crippen LogP contribution in [0, 0.1) is 6.92 Å². The Balaban J connectivity index is 1.80. The molecule has 0 N–H and O–H groups in total. The highest BCUT2D eigenvalue weighted by atomic mass is 32.1. The smallest absolute Gasteiger partial charge is 0.228 e. The molecule has 3 rings (SSSR count). The van der Waals surface area contributed by atoms with Crippen LogP contribution in [-0.4, -0.2) is 27.2 Å². The van der Waals surface area contributed by atoms with E-state index in [0.29, 0.717) is 6.42 Å². The summed E-state index contributed by atoms with van der Waals surface area (Å²) in [6, 6.07) is 8.18. The molecule has 0 saturated heterocycles. The molecule has 22 heavy (non-hydrogen) atoms. The number of carbonyl (C=O) groups is 1. The van der Waals surface area contributed by atoms with Crippen LogP contribution in [-0.2, 0) is 11.2 Å². The van der Waals surface area contributed by atoms with Gasteiger partial charge in [0.15, 0.2) is 0 Å². The van der Waals surface area contributed by atoms with Gasteiger partial charge < -0.3 is 9.30 Å². The standard InChI is InChI=1S/C17H19N3OS/c1-12-6-4-8-20-14(11-18-17(12)20)10-16(21)19(3)13(2)15-7-5-9-22-15/h4-9,11,13H,10H2,1-3H3. The first-order chi connectivity index (χ1) is 10.6. The van der Waals surface area contributed by atoms with Gasteiger partial charge in [-0.2, -0.15) is 0 Å². The molecule has 0 aliphatic rings. The monoisotopic (exact) mass is 313 g/mol. The quantitative estimate of drug-likeness (QED) is 0.739. The number of pyridine rings is 1. The summed E-state index contributed by atoms with van der Waals surface area (Å²) in [5, 5.41) is 2.04. The third-order valence-electron chi connectivity index (χ3n) is 4.07. The van der Waals surface area contributed by atoms with Gasteiger partial charge in [-0.15, -0.1) is 11.3 Å². The number of amides is 1.